The largest absolute Gasteiger partial charge is 0.365 e. The molecule has 18 heavy (non-hydrogen) atoms. The van der Waals surface area contributed by atoms with Crippen LogP contribution in [-0.4, -0.2) is 23.7 Å². The first kappa shape index (κ1) is 13.4. The van der Waals surface area contributed by atoms with Crippen molar-refractivity contribution in [1.82, 2.24) is 5.32 Å². The lowest BCUT2D eigenvalue weighted by Crippen LogP contribution is -2.54. The lowest BCUT2D eigenvalue weighted by Gasteiger charge is -2.31. The van der Waals surface area contributed by atoms with Crippen molar-refractivity contribution in [2.24, 2.45) is 0 Å². The minimum absolute atomic E-state index is 0.108. The van der Waals surface area contributed by atoms with Crippen molar-refractivity contribution in [3.63, 3.8) is 0 Å². The first-order valence-electron chi connectivity index (χ1n) is 6.98. The van der Waals surface area contributed by atoms with Crippen molar-refractivity contribution in [1.29, 1.82) is 5.26 Å². The van der Waals surface area contributed by atoms with Crippen LogP contribution in [0.15, 0.2) is 0 Å². The summed E-state index contributed by atoms with van der Waals surface area (Å²) in [7, 11) is 0. The van der Waals surface area contributed by atoms with E-state index in [4.69, 9.17) is 4.74 Å². The molecule has 2 aliphatic rings. The quantitative estimate of drug-likeness (QED) is 0.765. The van der Waals surface area contributed by atoms with Crippen LogP contribution in [-0.2, 0) is 9.53 Å². The molecule has 100 valence electrons. The van der Waals surface area contributed by atoms with Crippen LogP contribution in [0.4, 0.5) is 0 Å². The van der Waals surface area contributed by atoms with Crippen molar-refractivity contribution < 1.29 is 9.53 Å². The Balaban J connectivity index is 2.05. The van der Waals surface area contributed by atoms with E-state index < -0.39 is 11.1 Å². The number of hydrogen-bond acceptors (Lipinski definition) is 3. The molecule has 4 nitrogen and oxygen atoms in total. The number of nitrogens with one attached hydrogen (secondary N) is 1. The Morgan fingerprint density at radius 1 is 1.17 bits per heavy atom. The zero-order valence-corrected chi connectivity index (χ0v) is 11.1. The highest BCUT2D eigenvalue weighted by Gasteiger charge is 2.42. The molecular formula is C14H22N2O2. The Morgan fingerprint density at radius 3 is 2.33 bits per heavy atom. The van der Waals surface area contributed by atoms with Gasteiger partial charge in [-0.15, -0.1) is 0 Å². The van der Waals surface area contributed by atoms with Gasteiger partial charge in [0.05, 0.1) is 6.07 Å². The van der Waals surface area contributed by atoms with Crippen LogP contribution in [0.5, 0.6) is 0 Å². The zero-order chi connectivity index (χ0) is 13.1. The SMILES string of the molecule is CC1(C(=O)NC2(C#N)CCCCCC2)CCCO1. The van der Waals surface area contributed by atoms with Crippen LogP contribution in [0.3, 0.4) is 0 Å². The van der Waals surface area contributed by atoms with Gasteiger partial charge in [0.25, 0.3) is 5.91 Å². The van der Waals surface area contributed by atoms with E-state index >= 15 is 0 Å². The van der Waals surface area contributed by atoms with Gasteiger partial charge >= 0.3 is 0 Å². The fourth-order valence-electron chi connectivity index (χ4n) is 2.90. The second-order valence-corrected chi connectivity index (χ2v) is 5.75. The summed E-state index contributed by atoms with van der Waals surface area (Å²) in [5.74, 6) is -0.108. The van der Waals surface area contributed by atoms with Gasteiger partial charge < -0.3 is 10.1 Å². The summed E-state index contributed by atoms with van der Waals surface area (Å²) < 4.78 is 5.54. The maximum Gasteiger partial charge on any atom is 0.253 e. The highest BCUT2D eigenvalue weighted by Crippen LogP contribution is 2.30. The predicted octanol–water partition coefficient (Wildman–Crippen LogP) is 2.29. The summed E-state index contributed by atoms with van der Waals surface area (Å²) in [6, 6.07) is 2.34. The number of ether oxygens (including phenoxy) is 1. The minimum Gasteiger partial charge on any atom is -0.365 e. The Bertz CT molecular complexity index is 345. The van der Waals surface area contributed by atoms with Gasteiger partial charge in [-0.05, 0) is 32.6 Å². The molecule has 1 N–H and O–H groups in total. The van der Waals surface area contributed by atoms with Gasteiger partial charge in [-0.2, -0.15) is 5.26 Å². The summed E-state index contributed by atoms with van der Waals surface area (Å²) >= 11 is 0. The monoisotopic (exact) mass is 250 g/mol. The van der Waals surface area contributed by atoms with E-state index in [9.17, 15) is 10.1 Å². The third-order valence-electron chi connectivity index (χ3n) is 4.22. The van der Waals surface area contributed by atoms with Crippen molar-refractivity contribution >= 4 is 5.91 Å². The van der Waals surface area contributed by atoms with E-state index in [2.05, 4.69) is 11.4 Å². The molecule has 0 radical (unpaired) electrons. The summed E-state index contributed by atoms with van der Waals surface area (Å²) in [6.45, 7) is 2.47. The van der Waals surface area contributed by atoms with Gasteiger partial charge in [0, 0.05) is 6.61 Å². The molecule has 1 atom stereocenters. The molecule has 2 rings (SSSR count). The number of nitrogens with zero attached hydrogens (tertiary/aromatic N) is 1. The van der Waals surface area contributed by atoms with Gasteiger partial charge in [-0.25, -0.2) is 0 Å². The average molecular weight is 250 g/mol. The maximum atomic E-state index is 12.3. The van der Waals surface area contributed by atoms with Crippen molar-refractivity contribution in [2.75, 3.05) is 6.61 Å². The minimum atomic E-state index is -0.726. The molecule has 0 aromatic carbocycles. The molecule has 2 fully saturated rings. The van der Waals surface area contributed by atoms with Gasteiger partial charge in [0.1, 0.15) is 11.1 Å². The summed E-state index contributed by atoms with van der Waals surface area (Å²) in [5, 5.41) is 12.4. The lowest BCUT2D eigenvalue weighted by molar-refractivity contribution is -0.141. The van der Waals surface area contributed by atoms with Gasteiger partial charge in [-0.1, -0.05) is 25.7 Å². The topological polar surface area (TPSA) is 62.1 Å². The molecule has 1 amide bonds. The van der Waals surface area contributed by atoms with E-state index in [1.54, 1.807) is 0 Å². The molecule has 1 unspecified atom stereocenters. The molecular weight excluding hydrogens is 228 g/mol. The molecule has 1 heterocycles. The number of amides is 1. The standard InChI is InChI=1S/C14H22N2O2/c1-13(7-6-10-18-13)12(17)16-14(11-15)8-4-2-3-5-9-14/h2-10H2,1H3,(H,16,17). The van der Waals surface area contributed by atoms with Gasteiger partial charge in [0.2, 0.25) is 0 Å². The summed E-state index contributed by atoms with van der Waals surface area (Å²) in [4.78, 5) is 12.3. The van der Waals surface area contributed by atoms with E-state index in [0.717, 1.165) is 51.4 Å². The fraction of sp³-hybridized carbons (Fsp3) is 0.857. The molecule has 4 heteroatoms. The molecule has 1 saturated carbocycles. The normalized spacial score (nSPS) is 31.3. The third kappa shape index (κ3) is 2.67. The molecule has 0 spiro atoms. The Morgan fingerprint density at radius 2 is 1.83 bits per heavy atom. The van der Waals surface area contributed by atoms with Crippen LogP contribution in [0, 0.1) is 11.3 Å². The van der Waals surface area contributed by atoms with Gasteiger partial charge in [-0.3, -0.25) is 4.79 Å². The molecule has 1 aliphatic carbocycles. The highest BCUT2D eigenvalue weighted by atomic mass is 16.5. The Kier molecular flexibility index (Phi) is 3.91. The van der Waals surface area contributed by atoms with Crippen LogP contribution < -0.4 is 5.32 Å². The highest BCUT2D eigenvalue weighted by molar-refractivity contribution is 5.86. The second-order valence-electron chi connectivity index (χ2n) is 5.75. The van der Waals surface area contributed by atoms with Crippen molar-refractivity contribution in [3.8, 4) is 6.07 Å². The molecule has 1 saturated heterocycles. The second kappa shape index (κ2) is 5.27. The number of hydrogen-bond donors (Lipinski definition) is 1. The predicted molar refractivity (Wildman–Crippen MR) is 67.8 cm³/mol. The summed E-state index contributed by atoms with van der Waals surface area (Å²) in [5.41, 5.74) is -1.39. The van der Waals surface area contributed by atoms with Crippen LogP contribution in [0.25, 0.3) is 0 Å². The molecule has 1 aliphatic heterocycles. The van der Waals surface area contributed by atoms with E-state index in [1.165, 1.54) is 0 Å². The lowest BCUT2D eigenvalue weighted by atomic mass is 9.90. The summed E-state index contributed by atoms with van der Waals surface area (Å²) in [6.07, 6.45) is 7.57. The van der Waals surface area contributed by atoms with Crippen LogP contribution >= 0.6 is 0 Å². The van der Waals surface area contributed by atoms with Crippen molar-refractivity contribution in [3.05, 3.63) is 0 Å². The zero-order valence-electron chi connectivity index (χ0n) is 11.1. The van der Waals surface area contributed by atoms with E-state index in [1.807, 2.05) is 6.92 Å². The third-order valence-corrected chi connectivity index (χ3v) is 4.22. The molecule has 0 aromatic rings. The first-order valence-corrected chi connectivity index (χ1v) is 6.98. The van der Waals surface area contributed by atoms with E-state index in [-0.39, 0.29) is 5.91 Å². The smallest absolute Gasteiger partial charge is 0.253 e. The average Bonchev–Trinajstić information content (AvgIpc) is 2.68. The first-order chi connectivity index (χ1) is 8.60. The molecule has 0 bridgehead atoms. The number of nitriles is 1. The van der Waals surface area contributed by atoms with Gasteiger partial charge in [0.15, 0.2) is 0 Å². The number of carbonyl (C=O) groups is 1. The number of carbonyl (C=O) groups excluding carboxylic acids is 1. The van der Waals surface area contributed by atoms with Crippen molar-refractivity contribution in [2.45, 2.75) is 69.4 Å². The number of rotatable bonds is 2. The van der Waals surface area contributed by atoms with E-state index in [0.29, 0.717) is 6.61 Å². The molecule has 0 aromatic heterocycles. The van der Waals surface area contributed by atoms with Crippen LogP contribution in [0.1, 0.15) is 58.3 Å². The Hall–Kier alpha value is -1.08. The fourth-order valence-corrected chi connectivity index (χ4v) is 2.90. The van der Waals surface area contributed by atoms with Crippen LogP contribution in [0.2, 0.25) is 0 Å². The Labute approximate surface area is 109 Å². The maximum absolute atomic E-state index is 12.3.